The molecule has 0 aliphatic carbocycles. The predicted octanol–water partition coefficient (Wildman–Crippen LogP) is 2.59. The van der Waals surface area contributed by atoms with Crippen molar-refractivity contribution in [2.75, 3.05) is 26.3 Å². The molecule has 2 unspecified atom stereocenters. The molecule has 6 nitrogen and oxygen atoms in total. The van der Waals surface area contributed by atoms with Crippen LogP contribution in [-0.2, 0) is 14.8 Å². The van der Waals surface area contributed by atoms with Crippen LogP contribution in [0.5, 0.6) is 11.5 Å². The third kappa shape index (κ3) is 4.02. The van der Waals surface area contributed by atoms with Crippen molar-refractivity contribution in [2.24, 2.45) is 0 Å². The van der Waals surface area contributed by atoms with Gasteiger partial charge < -0.3 is 14.2 Å². The first-order valence-corrected chi connectivity index (χ1v) is 9.79. The second-order valence-electron chi connectivity index (χ2n) is 6.01. The molecule has 1 saturated heterocycles. The molecule has 0 radical (unpaired) electrons. The van der Waals surface area contributed by atoms with Gasteiger partial charge in [0.25, 0.3) is 0 Å². The second kappa shape index (κ2) is 7.72. The van der Waals surface area contributed by atoms with E-state index in [0.29, 0.717) is 37.8 Å². The fourth-order valence-electron chi connectivity index (χ4n) is 2.89. The standard InChI is InChI=1S/C17H27NO5S/c1-6-21-15-9-17(16(22-7-2)8-12(15)3)24(19,20)18-10-13(4)23-14(5)11-18/h8-9,13-14H,6-7,10-11H2,1-5H3. The molecule has 1 fully saturated rings. The van der Waals surface area contributed by atoms with Gasteiger partial charge in [-0.15, -0.1) is 0 Å². The van der Waals surface area contributed by atoms with Crippen LogP contribution in [0.2, 0.25) is 0 Å². The first-order valence-electron chi connectivity index (χ1n) is 8.35. The summed E-state index contributed by atoms with van der Waals surface area (Å²) in [5, 5.41) is 0. The highest BCUT2D eigenvalue weighted by Crippen LogP contribution is 2.34. The van der Waals surface area contributed by atoms with Crippen molar-refractivity contribution in [3.63, 3.8) is 0 Å². The average molecular weight is 357 g/mol. The van der Waals surface area contributed by atoms with Gasteiger partial charge >= 0.3 is 0 Å². The van der Waals surface area contributed by atoms with Gasteiger partial charge in [0.1, 0.15) is 16.4 Å². The lowest BCUT2D eigenvalue weighted by molar-refractivity contribution is -0.0441. The van der Waals surface area contributed by atoms with E-state index in [1.54, 1.807) is 12.1 Å². The summed E-state index contributed by atoms with van der Waals surface area (Å²) in [6, 6.07) is 3.30. The topological polar surface area (TPSA) is 65.1 Å². The first-order chi connectivity index (χ1) is 11.3. The van der Waals surface area contributed by atoms with Gasteiger partial charge in [-0.2, -0.15) is 4.31 Å². The molecule has 136 valence electrons. The number of hydrogen-bond donors (Lipinski definition) is 0. The quantitative estimate of drug-likeness (QED) is 0.783. The third-order valence-corrected chi connectivity index (χ3v) is 5.70. The van der Waals surface area contributed by atoms with E-state index in [0.717, 1.165) is 5.56 Å². The van der Waals surface area contributed by atoms with E-state index in [2.05, 4.69) is 0 Å². The number of aryl methyl sites for hydroxylation is 1. The fraction of sp³-hybridized carbons (Fsp3) is 0.647. The van der Waals surface area contributed by atoms with E-state index in [-0.39, 0.29) is 17.1 Å². The molecule has 1 aromatic rings. The molecule has 0 bridgehead atoms. The lowest BCUT2D eigenvalue weighted by Gasteiger charge is -2.34. The highest BCUT2D eigenvalue weighted by atomic mass is 32.2. The Morgan fingerprint density at radius 2 is 1.62 bits per heavy atom. The molecule has 1 heterocycles. The summed E-state index contributed by atoms with van der Waals surface area (Å²) in [7, 11) is -3.69. The largest absolute Gasteiger partial charge is 0.494 e. The van der Waals surface area contributed by atoms with Crippen LogP contribution in [0.15, 0.2) is 17.0 Å². The SMILES string of the molecule is CCOc1cc(S(=O)(=O)N2CC(C)OC(C)C2)c(OCC)cc1C. The van der Waals surface area contributed by atoms with Crippen molar-refractivity contribution in [1.82, 2.24) is 4.31 Å². The van der Waals surface area contributed by atoms with Gasteiger partial charge in [-0.25, -0.2) is 8.42 Å². The summed E-state index contributed by atoms with van der Waals surface area (Å²) in [6.07, 6.45) is -0.285. The number of nitrogens with zero attached hydrogens (tertiary/aromatic N) is 1. The number of morpholine rings is 1. The summed E-state index contributed by atoms with van der Waals surface area (Å²) in [6.45, 7) is 10.9. The summed E-state index contributed by atoms with van der Waals surface area (Å²) < 4.78 is 44.6. The zero-order valence-corrected chi connectivity index (χ0v) is 15.9. The van der Waals surface area contributed by atoms with Gasteiger partial charge in [0.05, 0.1) is 25.4 Å². The van der Waals surface area contributed by atoms with Crippen LogP contribution in [0.25, 0.3) is 0 Å². The van der Waals surface area contributed by atoms with Gasteiger partial charge in [0.2, 0.25) is 10.0 Å². The van der Waals surface area contributed by atoms with E-state index in [4.69, 9.17) is 14.2 Å². The van der Waals surface area contributed by atoms with Crippen molar-refractivity contribution < 1.29 is 22.6 Å². The van der Waals surface area contributed by atoms with E-state index >= 15 is 0 Å². The Morgan fingerprint density at radius 1 is 1.08 bits per heavy atom. The Hall–Kier alpha value is -1.31. The van der Waals surface area contributed by atoms with Crippen LogP contribution in [0.4, 0.5) is 0 Å². The van der Waals surface area contributed by atoms with Crippen molar-refractivity contribution in [3.8, 4) is 11.5 Å². The second-order valence-corrected chi connectivity index (χ2v) is 7.92. The number of sulfonamides is 1. The van der Waals surface area contributed by atoms with Crippen molar-refractivity contribution >= 4 is 10.0 Å². The first kappa shape index (κ1) is 19.0. The summed E-state index contributed by atoms with van der Waals surface area (Å²) in [5.74, 6) is 0.930. The van der Waals surface area contributed by atoms with E-state index in [1.165, 1.54) is 4.31 Å². The molecule has 2 atom stereocenters. The molecule has 0 spiro atoms. The fourth-order valence-corrected chi connectivity index (χ4v) is 4.61. The highest BCUT2D eigenvalue weighted by Gasteiger charge is 2.34. The molecular weight excluding hydrogens is 330 g/mol. The van der Waals surface area contributed by atoms with Crippen LogP contribution in [0.1, 0.15) is 33.3 Å². The Balaban J connectivity index is 2.48. The maximum Gasteiger partial charge on any atom is 0.247 e. The van der Waals surface area contributed by atoms with E-state index in [9.17, 15) is 8.42 Å². The molecule has 0 N–H and O–H groups in total. The maximum atomic E-state index is 13.2. The van der Waals surface area contributed by atoms with Crippen molar-refractivity contribution in [1.29, 1.82) is 0 Å². The molecule has 0 amide bonds. The molecule has 1 aromatic carbocycles. The van der Waals surface area contributed by atoms with E-state index in [1.807, 2.05) is 34.6 Å². The Labute approximate surface area is 144 Å². The molecule has 0 aromatic heterocycles. The summed E-state index contributed by atoms with van der Waals surface area (Å²) >= 11 is 0. The number of ether oxygens (including phenoxy) is 3. The minimum Gasteiger partial charge on any atom is -0.494 e. The van der Waals surface area contributed by atoms with Crippen LogP contribution < -0.4 is 9.47 Å². The molecule has 1 aliphatic heterocycles. The lowest BCUT2D eigenvalue weighted by atomic mass is 10.2. The smallest absolute Gasteiger partial charge is 0.247 e. The molecule has 2 rings (SSSR count). The molecule has 7 heteroatoms. The monoisotopic (exact) mass is 357 g/mol. The normalized spacial score (nSPS) is 22.4. The zero-order valence-electron chi connectivity index (χ0n) is 15.0. The predicted molar refractivity (Wildman–Crippen MR) is 92.3 cm³/mol. The van der Waals surface area contributed by atoms with Crippen LogP contribution in [0.3, 0.4) is 0 Å². The Morgan fingerprint density at radius 3 is 2.17 bits per heavy atom. The van der Waals surface area contributed by atoms with Crippen molar-refractivity contribution in [3.05, 3.63) is 17.7 Å². The maximum absolute atomic E-state index is 13.2. The van der Waals surface area contributed by atoms with E-state index < -0.39 is 10.0 Å². The molecule has 0 saturated carbocycles. The summed E-state index contributed by atoms with van der Waals surface area (Å²) in [4.78, 5) is 0.153. The highest BCUT2D eigenvalue weighted by molar-refractivity contribution is 7.89. The number of hydrogen-bond acceptors (Lipinski definition) is 5. The van der Waals surface area contributed by atoms with Crippen LogP contribution in [-0.4, -0.2) is 51.2 Å². The van der Waals surface area contributed by atoms with Gasteiger partial charge in [0, 0.05) is 19.2 Å². The average Bonchev–Trinajstić information content (AvgIpc) is 2.49. The molecule has 24 heavy (non-hydrogen) atoms. The zero-order chi connectivity index (χ0) is 17.9. The van der Waals surface area contributed by atoms with Gasteiger partial charge in [0.15, 0.2) is 0 Å². The third-order valence-electron chi connectivity index (χ3n) is 3.84. The Kier molecular flexibility index (Phi) is 6.11. The van der Waals surface area contributed by atoms with Crippen molar-refractivity contribution in [2.45, 2.75) is 51.7 Å². The van der Waals surface area contributed by atoms with Crippen LogP contribution in [0, 0.1) is 6.92 Å². The van der Waals surface area contributed by atoms with Gasteiger partial charge in [-0.05, 0) is 46.2 Å². The number of benzene rings is 1. The summed E-state index contributed by atoms with van der Waals surface area (Å²) in [5.41, 5.74) is 0.850. The minimum absolute atomic E-state index is 0.143. The molecule has 1 aliphatic rings. The van der Waals surface area contributed by atoms with Gasteiger partial charge in [-0.1, -0.05) is 0 Å². The lowest BCUT2D eigenvalue weighted by Crippen LogP contribution is -2.48. The minimum atomic E-state index is -3.69. The Bertz CT molecular complexity index is 664. The van der Waals surface area contributed by atoms with Gasteiger partial charge in [-0.3, -0.25) is 0 Å². The molecular formula is C17H27NO5S. The van der Waals surface area contributed by atoms with Crippen LogP contribution >= 0.6 is 0 Å². The number of rotatable bonds is 6.